The van der Waals surface area contributed by atoms with Crippen LogP contribution in [0.15, 0.2) is 0 Å². The molecule has 1 aliphatic heterocycles. The molecule has 2 fully saturated rings. The average Bonchev–Trinajstić information content (AvgIpc) is 2.81. The minimum Gasteiger partial charge on any atom is -0.390 e. The summed E-state index contributed by atoms with van der Waals surface area (Å²) in [6.45, 7) is 0.643. The number of sulfone groups is 1. The summed E-state index contributed by atoms with van der Waals surface area (Å²) < 4.78 is 23.0. The Labute approximate surface area is 103 Å². The predicted molar refractivity (Wildman–Crippen MR) is 66.4 cm³/mol. The van der Waals surface area contributed by atoms with E-state index in [1.54, 1.807) is 0 Å². The maximum atomic E-state index is 11.5. The number of hydrogen-bond acceptors (Lipinski definition) is 5. The van der Waals surface area contributed by atoms with Gasteiger partial charge in [0.05, 0.1) is 23.7 Å². The first kappa shape index (κ1) is 13.3. The fourth-order valence-corrected chi connectivity index (χ4v) is 5.13. The smallest absolute Gasteiger partial charge is 0.154 e. The molecular formula is C11H22N2O3S. The van der Waals surface area contributed by atoms with Crippen LogP contribution in [-0.4, -0.2) is 61.7 Å². The van der Waals surface area contributed by atoms with Crippen molar-refractivity contribution >= 4 is 9.84 Å². The van der Waals surface area contributed by atoms with E-state index in [-0.39, 0.29) is 17.5 Å². The molecule has 17 heavy (non-hydrogen) atoms. The summed E-state index contributed by atoms with van der Waals surface area (Å²) in [5, 5.41) is 9.86. The predicted octanol–water partition coefficient (Wildman–Crippen LogP) is -0.796. The maximum absolute atomic E-state index is 11.5. The quantitative estimate of drug-likeness (QED) is 0.696. The van der Waals surface area contributed by atoms with Crippen molar-refractivity contribution in [2.75, 3.05) is 25.1 Å². The highest BCUT2D eigenvalue weighted by Gasteiger charge is 2.42. The monoisotopic (exact) mass is 262 g/mol. The van der Waals surface area contributed by atoms with Crippen molar-refractivity contribution in [3.8, 4) is 0 Å². The van der Waals surface area contributed by atoms with Gasteiger partial charge < -0.3 is 10.8 Å². The fourth-order valence-electron chi connectivity index (χ4n) is 3.27. The van der Waals surface area contributed by atoms with Gasteiger partial charge in [-0.1, -0.05) is 6.42 Å². The third kappa shape index (κ3) is 2.65. The lowest BCUT2D eigenvalue weighted by molar-refractivity contribution is 0.0619. The van der Waals surface area contributed by atoms with E-state index in [9.17, 15) is 13.5 Å². The van der Waals surface area contributed by atoms with Gasteiger partial charge in [0.1, 0.15) is 0 Å². The van der Waals surface area contributed by atoms with Gasteiger partial charge in [-0.2, -0.15) is 0 Å². The second-order valence-corrected chi connectivity index (χ2v) is 7.52. The molecule has 1 saturated heterocycles. The van der Waals surface area contributed by atoms with E-state index in [1.165, 1.54) is 0 Å². The second kappa shape index (κ2) is 4.84. The van der Waals surface area contributed by atoms with E-state index < -0.39 is 15.9 Å². The lowest BCUT2D eigenvalue weighted by atomic mass is 10.0. The summed E-state index contributed by atoms with van der Waals surface area (Å²) in [5.41, 5.74) is 5.74. The highest BCUT2D eigenvalue weighted by Crippen LogP contribution is 2.31. The Morgan fingerprint density at radius 2 is 2.00 bits per heavy atom. The van der Waals surface area contributed by atoms with Crippen LogP contribution in [0.4, 0.5) is 0 Å². The van der Waals surface area contributed by atoms with Crippen LogP contribution in [0.1, 0.15) is 19.3 Å². The minimum absolute atomic E-state index is 0.0818. The van der Waals surface area contributed by atoms with Gasteiger partial charge >= 0.3 is 0 Å². The van der Waals surface area contributed by atoms with Crippen LogP contribution in [0.5, 0.6) is 0 Å². The molecule has 4 atom stereocenters. The van der Waals surface area contributed by atoms with Crippen LogP contribution >= 0.6 is 0 Å². The minimum atomic E-state index is -3.07. The molecule has 2 rings (SSSR count). The molecule has 1 aliphatic carbocycles. The number of aliphatic hydroxyl groups excluding tert-OH is 1. The topological polar surface area (TPSA) is 83.6 Å². The Hall–Kier alpha value is -0.170. The third-order valence-electron chi connectivity index (χ3n) is 4.26. The molecule has 4 unspecified atom stereocenters. The highest BCUT2D eigenvalue weighted by atomic mass is 32.2. The van der Waals surface area contributed by atoms with Crippen molar-refractivity contribution in [3.05, 3.63) is 0 Å². The van der Waals surface area contributed by atoms with Crippen LogP contribution in [0.2, 0.25) is 0 Å². The summed E-state index contributed by atoms with van der Waals surface area (Å²) in [7, 11) is -1.14. The molecule has 0 aromatic rings. The van der Waals surface area contributed by atoms with Crippen LogP contribution < -0.4 is 5.73 Å². The summed E-state index contributed by atoms with van der Waals surface area (Å²) in [6.07, 6.45) is 2.57. The molecule has 0 spiro atoms. The van der Waals surface area contributed by atoms with Crippen LogP contribution in [0.25, 0.3) is 0 Å². The summed E-state index contributed by atoms with van der Waals surface area (Å²) in [6, 6.07) is 0.0742. The molecule has 0 amide bonds. The Morgan fingerprint density at radius 3 is 2.53 bits per heavy atom. The Bertz CT molecular complexity index is 371. The Morgan fingerprint density at radius 1 is 1.29 bits per heavy atom. The lowest BCUT2D eigenvalue weighted by Crippen LogP contribution is -2.48. The van der Waals surface area contributed by atoms with Crippen LogP contribution in [0.3, 0.4) is 0 Å². The number of nitrogens with two attached hydrogens (primary N) is 1. The van der Waals surface area contributed by atoms with E-state index in [4.69, 9.17) is 5.73 Å². The van der Waals surface area contributed by atoms with E-state index in [0.717, 1.165) is 19.3 Å². The van der Waals surface area contributed by atoms with Crippen LogP contribution in [0, 0.1) is 5.92 Å². The van der Waals surface area contributed by atoms with E-state index in [0.29, 0.717) is 18.5 Å². The van der Waals surface area contributed by atoms with Gasteiger partial charge in [0.25, 0.3) is 0 Å². The summed E-state index contributed by atoms with van der Waals surface area (Å²) in [4.78, 5) is 2.06. The van der Waals surface area contributed by atoms with Gasteiger partial charge in [-0.25, -0.2) is 8.42 Å². The number of nitrogens with zero attached hydrogens (tertiary/aromatic N) is 1. The lowest BCUT2D eigenvalue weighted by Gasteiger charge is -2.34. The molecule has 0 aromatic heterocycles. The van der Waals surface area contributed by atoms with Crippen molar-refractivity contribution in [2.45, 2.75) is 37.5 Å². The number of aliphatic hydroxyl groups is 1. The molecule has 2 aliphatic rings. The molecule has 1 heterocycles. The Balaban J connectivity index is 2.07. The molecular weight excluding hydrogens is 240 g/mol. The second-order valence-electron chi connectivity index (χ2n) is 5.37. The zero-order chi connectivity index (χ0) is 12.6. The van der Waals surface area contributed by atoms with E-state index in [1.807, 2.05) is 7.05 Å². The van der Waals surface area contributed by atoms with Crippen molar-refractivity contribution in [1.29, 1.82) is 0 Å². The van der Waals surface area contributed by atoms with E-state index in [2.05, 4.69) is 4.90 Å². The molecule has 0 radical (unpaired) electrons. The maximum Gasteiger partial charge on any atom is 0.154 e. The first-order chi connectivity index (χ1) is 7.94. The van der Waals surface area contributed by atoms with Crippen LogP contribution in [-0.2, 0) is 9.84 Å². The fraction of sp³-hybridized carbons (Fsp3) is 1.00. The first-order valence-electron chi connectivity index (χ1n) is 6.25. The standard InChI is InChI=1S/C11H22N2O3S/c1-13(9-4-2-3-8(9)5-12)10-6-17(15,16)7-11(10)14/h8-11,14H,2-7,12H2,1H3. The van der Waals surface area contributed by atoms with Gasteiger partial charge in [0, 0.05) is 6.04 Å². The highest BCUT2D eigenvalue weighted by molar-refractivity contribution is 7.91. The Kier molecular flexibility index (Phi) is 3.77. The molecule has 100 valence electrons. The van der Waals surface area contributed by atoms with Crippen molar-refractivity contribution in [1.82, 2.24) is 4.90 Å². The molecule has 6 heteroatoms. The average molecular weight is 262 g/mol. The number of likely N-dealkylation sites (N-methyl/N-ethyl adjacent to an activating group) is 1. The SMILES string of the molecule is CN(C1CS(=O)(=O)CC1O)C1CCCC1CN. The molecule has 0 bridgehead atoms. The molecule has 5 nitrogen and oxygen atoms in total. The number of rotatable bonds is 3. The van der Waals surface area contributed by atoms with Gasteiger partial charge in [0.15, 0.2) is 9.84 Å². The van der Waals surface area contributed by atoms with Crippen molar-refractivity contribution in [2.24, 2.45) is 11.7 Å². The normalized spacial score (nSPS) is 41.2. The molecule has 1 saturated carbocycles. The van der Waals surface area contributed by atoms with Gasteiger partial charge in [-0.15, -0.1) is 0 Å². The zero-order valence-electron chi connectivity index (χ0n) is 10.2. The summed E-state index contributed by atoms with van der Waals surface area (Å²) >= 11 is 0. The third-order valence-corrected chi connectivity index (χ3v) is 5.96. The van der Waals surface area contributed by atoms with Crippen molar-refractivity contribution < 1.29 is 13.5 Å². The zero-order valence-corrected chi connectivity index (χ0v) is 11.1. The molecule has 0 aromatic carbocycles. The summed E-state index contributed by atoms with van der Waals surface area (Å²) in [5.74, 6) is 0.427. The van der Waals surface area contributed by atoms with Gasteiger partial charge in [-0.05, 0) is 32.4 Å². The number of hydrogen-bond donors (Lipinski definition) is 2. The largest absolute Gasteiger partial charge is 0.390 e. The van der Waals surface area contributed by atoms with E-state index >= 15 is 0 Å². The first-order valence-corrected chi connectivity index (χ1v) is 8.07. The van der Waals surface area contributed by atoms with Gasteiger partial charge in [0.2, 0.25) is 0 Å². The molecule has 3 N–H and O–H groups in total. The van der Waals surface area contributed by atoms with Crippen molar-refractivity contribution in [3.63, 3.8) is 0 Å². The van der Waals surface area contributed by atoms with Gasteiger partial charge in [-0.3, -0.25) is 4.90 Å².